The Hall–Kier alpha value is -3.14. The number of carbonyl (C=O) groups excluding carboxylic acids is 1. The summed E-state index contributed by atoms with van der Waals surface area (Å²) in [5, 5.41) is 10.6. The molecule has 4 nitrogen and oxygen atoms in total. The molecular weight excluding hydrogens is 388 g/mol. The fourth-order valence-corrected chi connectivity index (χ4v) is 3.38. The number of allylic oxidation sites excluding steroid dienone is 2. The Morgan fingerprint density at radius 1 is 1.16 bits per heavy atom. The van der Waals surface area contributed by atoms with E-state index in [2.05, 4.69) is 19.9 Å². The number of rotatable bonds is 5. The summed E-state index contributed by atoms with van der Waals surface area (Å²) in [6, 6.07) is 11.0. The minimum atomic E-state index is -0.265. The number of benzene rings is 2. The highest BCUT2D eigenvalue weighted by atomic mass is 16.3. The molecule has 0 saturated heterocycles. The molecule has 1 N–H and O–H groups in total. The van der Waals surface area contributed by atoms with E-state index < -0.39 is 0 Å². The van der Waals surface area contributed by atoms with Crippen LogP contribution in [-0.4, -0.2) is 10.9 Å². The molecule has 0 amide bonds. The highest BCUT2D eigenvalue weighted by molar-refractivity contribution is 5.87. The summed E-state index contributed by atoms with van der Waals surface area (Å²) in [6.07, 6.45) is 7.79. The van der Waals surface area contributed by atoms with Crippen molar-refractivity contribution in [3.05, 3.63) is 75.7 Å². The van der Waals surface area contributed by atoms with E-state index in [1.807, 2.05) is 31.2 Å². The van der Waals surface area contributed by atoms with Crippen LogP contribution in [0, 0.1) is 5.92 Å². The number of Topliss-reactive ketones (excluding diaryl/α,β-unsaturated/α-hetero) is 1. The van der Waals surface area contributed by atoms with E-state index in [4.69, 9.17) is 4.42 Å². The zero-order valence-corrected chi connectivity index (χ0v) is 18.7. The quantitative estimate of drug-likeness (QED) is 0.499. The maximum absolute atomic E-state index is 12.9. The molecule has 0 bridgehead atoms. The molecule has 1 saturated carbocycles. The average molecular weight is 419 g/mol. The van der Waals surface area contributed by atoms with Crippen LogP contribution >= 0.6 is 0 Å². The lowest BCUT2D eigenvalue weighted by Crippen LogP contribution is -2.10. The first kappa shape index (κ1) is 22.5. The molecular formula is C27H30O4. The van der Waals surface area contributed by atoms with Gasteiger partial charge in [-0.15, -0.1) is 0 Å². The Kier molecular flexibility index (Phi) is 7.11. The van der Waals surface area contributed by atoms with Crippen LogP contribution in [0.3, 0.4) is 0 Å². The molecule has 162 valence electrons. The Labute approximate surface area is 183 Å². The van der Waals surface area contributed by atoms with Gasteiger partial charge in [0.15, 0.2) is 0 Å². The maximum Gasteiger partial charge on any atom is 0.204 e. The molecule has 1 aliphatic rings. The molecule has 1 atom stereocenters. The first-order valence-corrected chi connectivity index (χ1v) is 10.8. The third-order valence-electron chi connectivity index (χ3n) is 5.77. The van der Waals surface area contributed by atoms with Crippen molar-refractivity contribution in [3.8, 4) is 16.9 Å². The van der Waals surface area contributed by atoms with Crippen molar-refractivity contribution in [3.63, 3.8) is 0 Å². The van der Waals surface area contributed by atoms with Crippen LogP contribution < -0.4 is 5.43 Å². The lowest BCUT2D eigenvalue weighted by Gasteiger charge is -2.10. The summed E-state index contributed by atoms with van der Waals surface area (Å²) in [5.74, 6) is -0.194. The number of phenols is 1. The molecule has 31 heavy (non-hydrogen) atoms. The van der Waals surface area contributed by atoms with Gasteiger partial charge in [0.2, 0.25) is 5.43 Å². The molecule has 2 aromatic carbocycles. The van der Waals surface area contributed by atoms with Crippen molar-refractivity contribution in [2.24, 2.45) is 5.92 Å². The summed E-state index contributed by atoms with van der Waals surface area (Å²) in [4.78, 5) is 24.3. The Morgan fingerprint density at radius 3 is 2.35 bits per heavy atom. The van der Waals surface area contributed by atoms with Gasteiger partial charge in [-0.2, -0.15) is 0 Å². The molecule has 0 radical (unpaired) electrons. The van der Waals surface area contributed by atoms with Crippen molar-refractivity contribution in [1.82, 2.24) is 0 Å². The topological polar surface area (TPSA) is 67.5 Å². The van der Waals surface area contributed by atoms with E-state index >= 15 is 0 Å². The van der Waals surface area contributed by atoms with Crippen molar-refractivity contribution in [1.29, 1.82) is 0 Å². The molecule has 4 heteroatoms. The van der Waals surface area contributed by atoms with Crippen LogP contribution in [0.1, 0.15) is 51.7 Å². The molecule has 4 rings (SSSR count). The maximum atomic E-state index is 12.9. The zero-order chi connectivity index (χ0) is 22.5. The monoisotopic (exact) mass is 418 g/mol. The largest absolute Gasteiger partial charge is 0.507 e. The van der Waals surface area contributed by atoms with Crippen molar-refractivity contribution in [2.45, 2.75) is 53.4 Å². The summed E-state index contributed by atoms with van der Waals surface area (Å²) in [6.45, 7) is 7.55. The molecule has 0 spiro atoms. The van der Waals surface area contributed by atoms with Gasteiger partial charge in [0.25, 0.3) is 0 Å². The zero-order valence-electron chi connectivity index (χ0n) is 18.7. The predicted octanol–water partition coefficient (Wildman–Crippen LogP) is 6.22. The SMILES string of the molecule is CC=C1CC1.CCc1ccc(-c2coc3cc(CC(C)C(C)=O)cc(O)c3c2=O)cc1. The van der Waals surface area contributed by atoms with Gasteiger partial charge in [-0.05, 0) is 68.4 Å². The smallest absolute Gasteiger partial charge is 0.204 e. The molecule has 1 aliphatic carbocycles. The highest BCUT2D eigenvalue weighted by Gasteiger charge is 2.16. The van der Waals surface area contributed by atoms with Crippen LogP contribution in [0.15, 0.2) is 63.5 Å². The summed E-state index contributed by atoms with van der Waals surface area (Å²) in [7, 11) is 0. The number of hydrogen-bond donors (Lipinski definition) is 1. The number of aryl methyl sites for hydroxylation is 1. The van der Waals surface area contributed by atoms with Gasteiger partial charge in [0.1, 0.15) is 28.8 Å². The lowest BCUT2D eigenvalue weighted by atomic mass is 9.96. The fraction of sp³-hybridized carbons (Fsp3) is 0.333. The molecule has 1 fully saturated rings. The van der Waals surface area contributed by atoms with Crippen molar-refractivity contribution in [2.75, 3.05) is 0 Å². The van der Waals surface area contributed by atoms with Gasteiger partial charge in [-0.25, -0.2) is 0 Å². The molecule has 1 aromatic heterocycles. The van der Waals surface area contributed by atoms with E-state index in [-0.39, 0.29) is 28.3 Å². The van der Waals surface area contributed by atoms with Gasteiger partial charge in [-0.3, -0.25) is 9.59 Å². The first-order valence-electron chi connectivity index (χ1n) is 10.8. The second-order valence-corrected chi connectivity index (χ2v) is 8.18. The number of hydrogen-bond acceptors (Lipinski definition) is 4. The van der Waals surface area contributed by atoms with Crippen LogP contribution in [0.4, 0.5) is 0 Å². The Morgan fingerprint density at radius 2 is 1.84 bits per heavy atom. The van der Waals surface area contributed by atoms with E-state index in [1.165, 1.54) is 24.7 Å². The average Bonchev–Trinajstić information content (AvgIpc) is 3.59. The van der Waals surface area contributed by atoms with E-state index in [9.17, 15) is 14.7 Å². The molecule has 3 aromatic rings. The highest BCUT2D eigenvalue weighted by Crippen LogP contribution is 2.28. The van der Waals surface area contributed by atoms with Crippen LogP contribution in [0.2, 0.25) is 0 Å². The van der Waals surface area contributed by atoms with Crippen LogP contribution in [-0.2, 0) is 17.6 Å². The number of aromatic hydroxyl groups is 1. The van der Waals surface area contributed by atoms with Gasteiger partial charge in [-0.1, -0.05) is 49.8 Å². The number of carbonyl (C=O) groups is 1. The van der Waals surface area contributed by atoms with Crippen molar-refractivity contribution < 1.29 is 14.3 Å². The number of phenolic OH excluding ortho intramolecular Hbond substituents is 1. The third-order valence-corrected chi connectivity index (χ3v) is 5.77. The second kappa shape index (κ2) is 9.78. The normalized spacial score (nSPS) is 13.4. The fourth-order valence-electron chi connectivity index (χ4n) is 3.38. The Bertz CT molecular complexity index is 1160. The summed E-state index contributed by atoms with van der Waals surface area (Å²) in [5.41, 5.74) is 4.82. The lowest BCUT2D eigenvalue weighted by molar-refractivity contribution is -0.120. The minimum absolute atomic E-state index is 0.0805. The van der Waals surface area contributed by atoms with Gasteiger partial charge in [0, 0.05) is 5.92 Å². The number of fused-ring (bicyclic) bond motifs is 1. The van der Waals surface area contributed by atoms with E-state index in [0.717, 1.165) is 17.5 Å². The summed E-state index contributed by atoms with van der Waals surface area (Å²) < 4.78 is 5.65. The van der Waals surface area contributed by atoms with E-state index in [0.29, 0.717) is 17.6 Å². The third kappa shape index (κ3) is 5.52. The molecule has 1 unspecified atom stereocenters. The van der Waals surface area contributed by atoms with Gasteiger partial charge in [0.05, 0.1) is 5.56 Å². The van der Waals surface area contributed by atoms with Gasteiger partial charge >= 0.3 is 0 Å². The molecule has 1 heterocycles. The predicted molar refractivity (Wildman–Crippen MR) is 126 cm³/mol. The second-order valence-electron chi connectivity index (χ2n) is 8.18. The first-order chi connectivity index (χ1) is 14.8. The van der Waals surface area contributed by atoms with Crippen LogP contribution in [0.5, 0.6) is 5.75 Å². The van der Waals surface area contributed by atoms with Crippen LogP contribution in [0.25, 0.3) is 22.1 Å². The van der Waals surface area contributed by atoms with Gasteiger partial charge < -0.3 is 9.52 Å². The van der Waals surface area contributed by atoms with Crippen molar-refractivity contribution >= 4 is 16.8 Å². The number of ketones is 1. The van der Waals surface area contributed by atoms with E-state index in [1.54, 1.807) is 24.6 Å². The summed E-state index contributed by atoms with van der Waals surface area (Å²) >= 11 is 0. The minimum Gasteiger partial charge on any atom is -0.507 e. The standard InChI is InChI=1S/C22H22O4.C5H8/c1-4-15-5-7-17(8-6-15)18-12-26-20-11-16(9-13(2)14(3)23)10-19(24)21(20)22(18)25;1-2-5-3-4-5/h5-8,10-13,24H,4,9H2,1-3H3;2H,3-4H2,1H3. The Balaban J connectivity index is 0.000000478. The molecule has 0 aliphatic heterocycles.